The fourth-order valence-electron chi connectivity index (χ4n) is 1.26. The Kier molecular flexibility index (Phi) is 10.8. The molecule has 4 heteroatoms. The summed E-state index contributed by atoms with van der Waals surface area (Å²) in [6.07, 6.45) is 2.25. The molecule has 0 aromatic rings. The number of unbranched alkanes of at least 4 members (excludes halogenated alkanes) is 1. The standard InChI is InChI=1S/C10H24N2O2/c1-13-9-7-12(8-10-14-2)6-4-3-5-11/h3-11H2,1-2H3. The van der Waals surface area contributed by atoms with E-state index < -0.39 is 0 Å². The van der Waals surface area contributed by atoms with Gasteiger partial charge in [-0.2, -0.15) is 0 Å². The quantitative estimate of drug-likeness (QED) is 0.521. The van der Waals surface area contributed by atoms with Crippen molar-refractivity contribution in [3.05, 3.63) is 0 Å². The van der Waals surface area contributed by atoms with Gasteiger partial charge in [-0.05, 0) is 25.9 Å². The van der Waals surface area contributed by atoms with Crippen LogP contribution in [0.5, 0.6) is 0 Å². The number of methoxy groups -OCH3 is 2. The van der Waals surface area contributed by atoms with Crippen molar-refractivity contribution >= 4 is 0 Å². The Morgan fingerprint density at radius 2 is 1.50 bits per heavy atom. The number of nitrogens with zero attached hydrogens (tertiary/aromatic N) is 1. The molecule has 14 heavy (non-hydrogen) atoms. The average molecular weight is 204 g/mol. The zero-order chi connectivity index (χ0) is 10.6. The van der Waals surface area contributed by atoms with Crippen molar-refractivity contribution in [2.75, 3.05) is 53.6 Å². The second kappa shape index (κ2) is 10.9. The maximum absolute atomic E-state index is 5.45. The predicted molar refractivity (Wildman–Crippen MR) is 58.5 cm³/mol. The van der Waals surface area contributed by atoms with Gasteiger partial charge in [0.15, 0.2) is 0 Å². The first-order chi connectivity index (χ1) is 6.85. The lowest BCUT2D eigenvalue weighted by Crippen LogP contribution is -2.31. The Bertz CT molecular complexity index is 104. The van der Waals surface area contributed by atoms with E-state index in [2.05, 4.69) is 4.90 Å². The van der Waals surface area contributed by atoms with E-state index in [1.165, 1.54) is 0 Å². The van der Waals surface area contributed by atoms with Gasteiger partial charge in [-0.25, -0.2) is 0 Å². The highest BCUT2D eigenvalue weighted by atomic mass is 16.5. The Balaban J connectivity index is 3.49. The lowest BCUT2D eigenvalue weighted by molar-refractivity contribution is 0.113. The third-order valence-corrected chi connectivity index (χ3v) is 2.15. The molecule has 0 atom stereocenters. The fraction of sp³-hybridized carbons (Fsp3) is 1.00. The monoisotopic (exact) mass is 204 g/mol. The molecule has 0 aromatic carbocycles. The van der Waals surface area contributed by atoms with E-state index in [1.54, 1.807) is 14.2 Å². The summed E-state index contributed by atoms with van der Waals surface area (Å²) < 4.78 is 10.1. The summed E-state index contributed by atoms with van der Waals surface area (Å²) in [7, 11) is 3.46. The highest BCUT2D eigenvalue weighted by Gasteiger charge is 2.03. The molecule has 0 saturated heterocycles. The molecular weight excluding hydrogens is 180 g/mol. The molecule has 0 rings (SSSR count). The summed E-state index contributed by atoms with van der Waals surface area (Å²) in [5.41, 5.74) is 5.45. The van der Waals surface area contributed by atoms with Crippen LogP contribution in [-0.2, 0) is 9.47 Å². The van der Waals surface area contributed by atoms with Crippen molar-refractivity contribution in [3.63, 3.8) is 0 Å². The normalized spacial score (nSPS) is 11.1. The van der Waals surface area contributed by atoms with E-state index in [-0.39, 0.29) is 0 Å². The largest absolute Gasteiger partial charge is 0.383 e. The molecule has 0 radical (unpaired) electrons. The number of hydrogen-bond donors (Lipinski definition) is 1. The second-order valence-electron chi connectivity index (χ2n) is 3.32. The number of ether oxygens (including phenoxy) is 2. The van der Waals surface area contributed by atoms with Crippen LogP contribution in [-0.4, -0.2) is 58.5 Å². The number of rotatable bonds is 10. The predicted octanol–water partition coefficient (Wildman–Crippen LogP) is 0.320. The Morgan fingerprint density at radius 3 is 1.93 bits per heavy atom. The van der Waals surface area contributed by atoms with Gasteiger partial charge in [0.2, 0.25) is 0 Å². The minimum absolute atomic E-state index is 0.780. The maximum atomic E-state index is 5.45. The number of nitrogens with two attached hydrogens (primary N) is 1. The highest BCUT2D eigenvalue weighted by molar-refractivity contribution is 4.57. The molecule has 0 bridgehead atoms. The van der Waals surface area contributed by atoms with Gasteiger partial charge in [-0.1, -0.05) is 0 Å². The summed E-state index contributed by atoms with van der Waals surface area (Å²) in [5.74, 6) is 0. The molecule has 0 aliphatic heterocycles. The Hall–Kier alpha value is -0.160. The van der Waals surface area contributed by atoms with E-state index >= 15 is 0 Å². The van der Waals surface area contributed by atoms with E-state index in [0.717, 1.165) is 52.2 Å². The molecule has 0 amide bonds. The molecule has 0 aliphatic carbocycles. The molecule has 0 fully saturated rings. The average Bonchev–Trinajstić information content (AvgIpc) is 2.21. The molecule has 4 nitrogen and oxygen atoms in total. The van der Waals surface area contributed by atoms with Gasteiger partial charge in [0.25, 0.3) is 0 Å². The third-order valence-electron chi connectivity index (χ3n) is 2.15. The van der Waals surface area contributed by atoms with E-state index in [9.17, 15) is 0 Å². The first-order valence-corrected chi connectivity index (χ1v) is 5.25. The van der Waals surface area contributed by atoms with Crippen molar-refractivity contribution < 1.29 is 9.47 Å². The maximum Gasteiger partial charge on any atom is 0.0589 e. The zero-order valence-corrected chi connectivity index (χ0v) is 9.50. The van der Waals surface area contributed by atoms with Gasteiger partial charge in [0.05, 0.1) is 13.2 Å². The van der Waals surface area contributed by atoms with E-state index in [0.29, 0.717) is 0 Å². The summed E-state index contributed by atoms with van der Waals surface area (Å²) in [6, 6.07) is 0. The van der Waals surface area contributed by atoms with Crippen LogP contribution in [0.25, 0.3) is 0 Å². The minimum atomic E-state index is 0.780. The SMILES string of the molecule is COCCN(CCCCN)CCOC. The molecular formula is C10H24N2O2. The molecule has 0 aromatic heterocycles. The Labute approximate surface area is 87.4 Å². The molecule has 0 spiro atoms. The summed E-state index contributed by atoms with van der Waals surface area (Å²) in [4.78, 5) is 2.35. The molecule has 86 valence electrons. The minimum Gasteiger partial charge on any atom is -0.383 e. The van der Waals surface area contributed by atoms with Gasteiger partial charge in [0.1, 0.15) is 0 Å². The van der Waals surface area contributed by atoms with Crippen LogP contribution in [0, 0.1) is 0 Å². The van der Waals surface area contributed by atoms with Crippen LogP contribution >= 0.6 is 0 Å². The van der Waals surface area contributed by atoms with Crippen molar-refractivity contribution in [3.8, 4) is 0 Å². The molecule has 0 aliphatic rings. The third kappa shape index (κ3) is 8.44. The van der Waals surface area contributed by atoms with E-state index in [4.69, 9.17) is 15.2 Å². The first-order valence-electron chi connectivity index (χ1n) is 5.25. The molecule has 2 N–H and O–H groups in total. The molecule has 0 heterocycles. The zero-order valence-electron chi connectivity index (χ0n) is 9.50. The summed E-state index contributed by atoms with van der Waals surface area (Å²) in [5, 5.41) is 0. The van der Waals surface area contributed by atoms with Gasteiger partial charge in [0, 0.05) is 27.3 Å². The van der Waals surface area contributed by atoms with Crippen LogP contribution in [0.2, 0.25) is 0 Å². The Morgan fingerprint density at radius 1 is 0.929 bits per heavy atom. The second-order valence-corrected chi connectivity index (χ2v) is 3.32. The lowest BCUT2D eigenvalue weighted by Gasteiger charge is -2.21. The number of hydrogen-bond acceptors (Lipinski definition) is 4. The van der Waals surface area contributed by atoms with Gasteiger partial charge >= 0.3 is 0 Å². The van der Waals surface area contributed by atoms with Crippen molar-refractivity contribution in [1.29, 1.82) is 0 Å². The van der Waals surface area contributed by atoms with Gasteiger partial charge < -0.3 is 15.2 Å². The smallest absolute Gasteiger partial charge is 0.0589 e. The van der Waals surface area contributed by atoms with Crippen LogP contribution < -0.4 is 5.73 Å². The summed E-state index contributed by atoms with van der Waals surface area (Å²) in [6.45, 7) is 5.39. The van der Waals surface area contributed by atoms with Crippen LogP contribution in [0.15, 0.2) is 0 Å². The highest BCUT2D eigenvalue weighted by Crippen LogP contribution is 1.94. The first kappa shape index (κ1) is 13.8. The molecule has 0 unspecified atom stereocenters. The molecule has 0 saturated carbocycles. The topological polar surface area (TPSA) is 47.7 Å². The fourth-order valence-corrected chi connectivity index (χ4v) is 1.26. The van der Waals surface area contributed by atoms with Crippen molar-refractivity contribution in [2.24, 2.45) is 5.73 Å². The van der Waals surface area contributed by atoms with Crippen molar-refractivity contribution in [2.45, 2.75) is 12.8 Å². The van der Waals surface area contributed by atoms with Gasteiger partial charge in [-0.15, -0.1) is 0 Å². The van der Waals surface area contributed by atoms with Crippen molar-refractivity contribution in [1.82, 2.24) is 4.90 Å². The lowest BCUT2D eigenvalue weighted by atomic mass is 10.3. The van der Waals surface area contributed by atoms with Crippen LogP contribution in [0.3, 0.4) is 0 Å². The summed E-state index contributed by atoms with van der Waals surface area (Å²) >= 11 is 0. The van der Waals surface area contributed by atoms with E-state index in [1.807, 2.05) is 0 Å². The van der Waals surface area contributed by atoms with Crippen LogP contribution in [0.1, 0.15) is 12.8 Å². The van der Waals surface area contributed by atoms with Gasteiger partial charge in [-0.3, -0.25) is 4.90 Å². The van der Waals surface area contributed by atoms with Crippen LogP contribution in [0.4, 0.5) is 0 Å².